The van der Waals surface area contributed by atoms with Gasteiger partial charge in [0.25, 0.3) is 0 Å². The number of carbonyl (C=O) groups excluding carboxylic acids is 1. The van der Waals surface area contributed by atoms with E-state index >= 15 is 0 Å². The molecule has 1 fully saturated rings. The molecule has 1 N–H and O–H groups in total. The first-order valence-corrected chi connectivity index (χ1v) is 11.1. The van der Waals surface area contributed by atoms with Crippen LogP contribution in [0.15, 0.2) is 78.9 Å². The summed E-state index contributed by atoms with van der Waals surface area (Å²) < 4.78 is 27.8. The van der Waals surface area contributed by atoms with Crippen LogP contribution in [0, 0.1) is 17.6 Å². The number of rotatable bonds is 6. The second-order valence-electron chi connectivity index (χ2n) is 8.51. The lowest BCUT2D eigenvalue weighted by molar-refractivity contribution is -0.128. The monoisotopic (exact) mass is 434 g/mol. The lowest BCUT2D eigenvalue weighted by Crippen LogP contribution is -2.44. The Balaban J connectivity index is 1.51. The highest BCUT2D eigenvalue weighted by Gasteiger charge is 2.33. The molecular weight excluding hydrogens is 406 g/mol. The molecule has 1 aliphatic rings. The summed E-state index contributed by atoms with van der Waals surface area (Å²) in [4.78, 5) is 15.2. The topological polar surface area (TPSA) is 32.3 Å². The van der Waals surface area contributed by atoms with Crippen LogP contribution in [0.25, 0.3) is 0 Å². The van der Waals surface area contributed by atoms with Crippen LogP contribution in [0.4, 0.5) is 8.78 Å². The summed E-state index contributed by atoms with van der Waals surface area (Å²) in [6.45, 7) is 2.82. The van der Waals surface area contributed by atoms with Crippen LogP contribution >= 0.6 is 0 Å². The minimum absolute atomic E-state index is 0.0115. The van der Waals surface area contributed by atoms with Gasteiger partial charge < -0.3 is 5.32 Å². The van der Waals surface area contributed by atoms with E-state index in [0.717, 1.165) is 30.0 Å². The van der Waals surface area contributed by atoms with E-state index in [1.54, 1.807) is 0 Å². The average molecular weight is 435 g/mol. The summed E-state index contributed by atoms with van der Waals surface area (Å²) >= 11 is 0. The van der Waals surface area contributed by atoms with Gasteiger partial charge in [-0.3, -0.25) is 9.69 Å². The van der Waals surface area contributed by atoms with Crippen molar-refractivity contribution >= 4 is 5.91 Å². The maximum Gasteiger partial charge on any atom is 0.224 e. The van der Waals surface area contributed by atoms with E-state index in [2.05, 4.69) is 22.3 Å². The van der Waals surface area contributed by atoms with Crippen LogP contribution in [-0.2, 0) is 11.3 Å². The molecule has 3 nitrogen and oxygen atoms in total. The molecule has 0 bridgehead atoms. The number of hydrogen-bond acceptors (Lipinski definition) is 2. The van der Waals surface area contributed by atoms with Gasteiger partial charge in [0.05, 0.1) is 12.0 Å². The van der Waals surface area contributed by atoms with Crippen LogP contribution in [0.2, 0.25) is 0 Å². The third-order valence-corrected chi connectivity index (χ3v) is 6.29. The van der Waals surface area contributed by atoms with E-state index in [-0.39, 0.29) is 23.9 Å². The van der Waals surface area contributed by atoms with Gasteiger partial charge in [-0.15, -0.1) is 0 Å². The Kier molecular flexibility index (Phi) is 6.96. The van der Waals surface area contributed by atoms with E-state index < -0.39 is 11.6 Å². The van der Waals surface area contributed by atoms with E-state index in [1.807, 2.05) is 55.5 Å². The van der Waals surface area contributed by atoms with Crippen molar-refractivity contribution < 1.29 is 13.6 Å². The van der Waals surface area contributed by atoms with Crippen molar-refractivity contribution in [3.05, 3.63) is 107 Å². The largest absolute Gasteiger partial charge is 0.349 e. The van der Waals surface area contributed by atoms with E-state index in [0.29, 0.717) is 18.7 Å². The van der Waals surface area contributed by atoms with E-state index in [9.17, 15) is 13.6 Å². The Hall–Kier alpha value is -3.05. The standard InChI is InChI=1S/C27H28F2N2O/c1-19(20-8-4-2-5-9-20)30-27(32)23-13-15-26(21-10-6-3-7-11-21)31(18-23)17-22-12-14-24(28)16-25(22)29/h2-12,14,16,19,23,26H,13,15,17-18H2,1H3,(H,30,32). The Morgan fingerprint density at radius 1 is 1.00 bits per heavy atom. The van der Waals surface area contributed by atoms with Gasteiger partial charge in [0.2, 0.25) is 5.91 Å². The first-order valence-electron chi connectivity index (χ1n) is 11.1. The van der Waals surface area contributed by atoms with Crippen molar-refractivity contribution in [3.63, 3.8) is 0 Å². The Morgan fingerprint density at radius 3 is 2.38 bits per heavy atom. The van der Waals surface area contributed by atoms with Gasteiger partial charge in [-0.2, -0.15) is 0 Å². The van der Waals surface area contributed by atoms with Crippen molar-refractivity contribution in [2.24, 2.45) is 5.92 Å². The number of likely N-dealkylation sites (tertiary alicyclic amines) is 1. The predicted octanol–water partition coefficient (Wildman–Crippen LogP) is 5.80. The highest BCUT2D eigenvalue weighted by atomic mass is 19.1. The van der Waals surface area contributed by atoms with Gasteiger partial charge in [-0.1, -0.05) is 66.7 Å². The zero-order valence-electron chi connectivity index (χ0n) is 18.2. The van der Waals surface area contributed by atoms with Crippen LogP contribution in [0.1, 0.15) is 48.5 Å². The number of piperidine rings is 1. The molecular formula is C27H28F2N2O. The minimum Gasteiger partial charge on any atom is -0.349 e. The highest BCUT2D eigenvalue weighted by molar-refractivity contribution is 5.79. The molecule has 3 aromatic rings. The van der Waals surface area contributed by atoms with Gasteiger partial charge in [0, 0.05) is 30.8 Å². The number of hydrogen-bond donors (Lipinski definition) is 1. The summed E-state index contributed by atoms with van der Waals surface area (Å²) in [5, 5.41) is 3.13. The molecule has 32 heavy (non-hydrogen) atoms. The summed E-state index contributed by atoms with van der Waals surface area (Å²) in [5.41, 5.74) is 2.64. The second-order valence-corrected chi connectivity index (χ2v) is 8.51. The van der Waals surface area contributed by atoms with Crippen molar-refractivity contribution in [2.45, 2.75) is 38.4 Å². The minimum atomic E-state index is -0.586. The zero-order chi connectivity index (χ0) is 22.5. The first kappa shape index (κ1) is 22.2. The summed E-state index contributed by atoms with van der Waals surface area (Å²) in [6.07, 6.45) is 1.56. The molecule has 0 spiro atoms. The fraction of sp³-hybridized carbons (Fsp3) is 0.296. The molecule has 4 rings (SSSR count). The quantitative estimate of drug-likeness (QED) is 0.532. The van der Waals surface area contributed by atoms with Gasteiger partial charge in [0.15, 0.2) is 0 Å². The number of amides is 1. The third-order valence-electron chi connectivity index (χ3n) is 6.29. The molecule has 1 heterocycles. The zero-order valence-corrected chi connectivity index (χ0v) is 18.2. The van der Waals surface area contributed by atoms with E-state index in [4.69, 9.17) is 0 Å². The van der Waals surface area contributed by atoms with Crippen molar-refractivity contribution in [1.29, 1.82) is 0 Å². The third kappa shape index (κ3) is 5.22. The molecule has 3 unspecified atom stereocenters. The summed E-state index contributed by atoms with van der Waals surface area (Å²) in [5.74, 6) is -1.32. The maximum absolute atomic E-state index is 14.4. The highest BCUT2D eigenvalue weighted by Crippen LogP contribution is 2.35. The maximum atomic E-state index is 14.4. The molecule has 0 aliphatic carbocycles. The molecule has 0 radical (unpaired) electrons. The lowest BCUT2D eigenvalue weighted by atomic mass is 9.87. The molecule has 0 aromatic heterocycles. The summed E-state index contributed by atoms with van der Waals surface area (Å²) in [7, 11) is 0. The van der Waals surface area contributed by atoms with E-state index in [1.165, 1.54) is 12.1 Å². The lowest BCUT2D eigenvalue weighted by Gasteiger charge is -2.40. The van der Waals surface area contributed by atoms with Crippen LogP contribution < -0.4 is 5.32 Å². The smallest absolute Gasteiger partial charge is 0.224 e. The number of nitrogens with zero attached hydrogens (tertiary/aromatic N) is 1. The fourth-order valence-electron chi connectivity index (χ4n) is 4.51. The molecule has 0 saturated carbocycles. The number of halogens is 2. The molecule has 1 saturated heterocycles. The van der Waals surface area contributed by atoms with Crippen molar-refractivity contribution in [3.8, 4) is 0 Å². The predicted molar refractivity (Wildman–Crippen MR) is 122 cm³/mol. The molecule has 3 atom stereocenters. The molecule has 1 aliphatic heterocycles. The van der Waals surface area contributed by atoms with Crippen LogP contribution in [0.3, 0.4) is 0 Å². The normalized spacial score (nSPS) is 20.0. The summed E-state index contributed by atoms with van der Waals surface area (Å²) in [6, 6.07) is 23.7. The van der Waals surface area contributed by atoms with Crippen LogP contribution in [-0.4, -0.2) is 17.4 Å². The Labute approximate surface area is 188 Å². The van der Waals surface area contributed by atoms with Gasteiger partial charge >= 0.3 is 0 Å². The van der Waals surface area contributed by atoms with Crippen molar-refractivity contribution in [1.82, 2.24) is 10.2 Å². The van der Waals surface area contributed by atoms with Gasteiger partial charge in [0.1, 0.15) is 11.6 Å². The molecule has 166 valence electrons. The fourth-order valence-corrected chi connectivity index (χ4v) is 4.51. The van der Waals surface area contributed by atoms with Gasteiger partial charge in [-0.05, 0) is 37.0 Å². The molecule has 3 aromatic carbocycles. The Morgan fingerprint density at radius 2 is 1.69 bits per heavy atom. The van der Waals surface area contributed by atoms with Gasteiger partial charge in [-0.25, -0.2) is 8.78 Å². The molecule has 1 amide bonds. The Bertz CT molecular complexity index is 1040. The number of carbonyl (C=O) groups is 1. The second kappa shape index (κ2) is 10.0. The van der Waals surface area contributed by atoms with Crippen LogP contribution in [0.5, 0.6) is 0 Å². The average Bonchev–Trinajstić information content (AvgIpc) is 2.82. The SMILES string of the molecule is CC(NC(=O)C1CCC(c2ccccc2)N(Cc2ccc(F)cc2F)C1)c1ccccc1. The number of benzene rings is 3. The molecule has 5 heteroatoms. The first-order chi connectivity index (χ1) is 15.5. The number of nitrogens with one attached hydrogen (secondary N) is 1. The van der Waals surface area contributed by atoms with Crippen molar-refractivity contribution in [2.75, 3.05) is 6.54 Å².